The Bertz CT molecular complexity index is 807. The summed E-state index contributed by atoms with van der Waals surface area (Å²) in [5, 5.41) is 0. The lowest BCUT2D eigenvalue weighted by atomic mass is 10.1. The first-order valence-electron chi connectivity index (χ1n) is 7.49. The normalized spacial score (nSPS) is 14.9. The lowest BCUT2D eigenvalue weighted by Gasteiger charge is -2.33. The third-order valence-electron chi connectivity index (χ3n) is 3.61. The van der Waals surface area contributed by atoms with Gasteiger partial charge in [0.2, 0.25) is 0 Å². The number of carbonyl (C=O) groups excluding carboxylic acids is 1. The number of carbonyl (C=O) groups is 1. The van der Waals surface area contributed by atoms with Gasteiger partial charge in [0.1, 0.15) is 12.0 Å². The number of hydrogen-bond donors (Lipinski definition) is 0. The van der Waals surface area contributed by atoms with Crippen LogP contribution < -0.4 is 4.90 Å². The Hall–Kier alpha value is -2.59. The number of halogens is 1. The second-order valence-corrected chi connectivity index (χ2v) is 6.19. The highest BCUT2D eigenvalue weighted by Crippen LogP contribution is 2.34. The molecule has 1 heterocycles. The van der Waals surface area contributed by atoms with Gasteiger partial charge in [-0.3, -0.25) is 4.79 Å². The molecule has 0 fully saturated rings. The van der Waals surface area contributed by atoms with Gasteiger partial charge in [-0.05, 0) is 36.4 Å². The third-order valence-corrected chi connectivity index (χ3v) is 4.14. The molecule has 3 nitrogen and oxygen atoms in total. The molecule has 120 valence electrons. The number of para-hydroxylation sites is 1. The third kappa shape index (κ3) is 3.49. The summed E-state index contributed by atoms with van der Waals surface area (Å²) in [7, 11) is 0. The van der Waals surface area contributed by atoms with Crippen molar-refractivity contribution in [2.75, 3.05) is 11.4 Å². The summed E-state index contributed by atoms with van der Waals surface area (Å²) in [6, 6.07) is 17.8. The number of hydrogen-bond acceptors (Lipinski definition) is 3. The van der Waals surface area contributed by atoms with Crippen LogP contribution in [0.5, 0.6) is 0 Å². The van der Waals surface area contributed by atoms with E-state index in [1.807, 2.05) is 54.6 Å². The zero-order valence-electron chi connectivity index (χ0n) is 13.0. The highest BCUT2D eigenvalue weighted by atomic mass is 79.9. The minimum absolute atomic E-state index is 0.530. The van der Waals surface area contributed by atoms with E-state index in [1.54, 1.807) is 6.08 Å². The molecule has 0 atom stereocenters. The molecule has 0 radical (unpaired) electrons. The SMILES string of the molecule is C=C1CN(c2ccccc2)C(/C=C/C=O)=C(c2ccc(Br)cc2)O1. The van der Waals surface area contributed by atoms with Gasteiger partial charge in [0.05, 0.1) is 12.2 Å². The first-order chi connectivity index (χ1) is 11.7. The predicted octanol–water partition coefficient (Wildman–Crippen LogP) is 4.92. The van der Waals surface area contributed by atoms with Crippen molar-refractivity contribution in [1.82, 2.24) is 0 Å². The lowest BCUT2D eigenvalue weighted by Crippen LogP contribution is -2.30. The summed E-state index contributed by atoms with van der Waals surface area (Å²) in [6.45, 7) is 4.53. The Morgan fingerprint density at radius 1 is 1.08 bits per heavy atom. The van der Waals surface area contributed by atoms with Crippen LogP contribution in [-0.4, -0.2) is 12.8 Å². The summed E-state index contributed by atoms with van der Waals surface area (Å²) < 4.78 is 6.93. The average molecular weight is 382 g/mol. The number of nitrogens with zero attached hydrogens (tertiary/aromatic N) is 1. The lowest BCUT2D eigenvalue weighted by molar-refractivity contribution is -0.104. The van der Waals surface area contributed by atoms with E-state index in [2.05, 4.69) is 27.4 Å². The van der Waals surface area contributed by atoms with Crippen molar-refractivity contribution < 1.29 is 9.53 Å². The molecule has 24 heavy (non-hydrogen) atoms. The number of ether oxygens (including phenoxy) is 1. The molecule has 1 aliphatic heterocycles. The molecule has 2 aromatic rings. The highest BCUT2D eigenvalue weighted by molar-refractivity contribution is 9.10. The van der Waals surface area contributed by atoms with E-state index in [-0.39, 0.29) is 0 Å². The molecule has 4 heteroatoms. The molecule has 0 unspecified atom stereocenters. The summed E-state index contributed by atoms with van der Waals surface area (Å²) in [4.78, 5) is 12.9. The van der Waals surface area contributed by atoms with Gasteiger partial charge in [-0.2, -0.15) is 0 Å². The van der Waals surface area contributed by atoms with E-state index < -0.39 is 0 Å². The van der Waals surface area contributed by atoms with Crippen LogP contribution in [0, 0.1) is 0 Å². The van der Waals surface area contributed by atoms with Crippen molar-refractivity contribution in [2.24, 2.45) is 0 Å². The van der Waals surface area contributed by atoms with E-state index in [1.165, 1.54) is 6.08 Å². The van der Waals surface area contributed by atoms with E-state index in [0.717, 1.165) is 27.7 Å². The predicted molar refractivity (Wildman–Crippen MR) is 100 cm³/mol. The molecular weight excluding hydrogens is 366 g/mol. The van der Waals surface area contributed by atoms with Gasteiger partial charge in [0.25, 0.3) is 0 Å². The molecule has 2 aromatic carbocycles. The quantitative estimate of drug-likeness (QED) is 0.555. The van der Waals surface area contributed by atoms with Crippen molar-refractivity contribution in [3.63, 3.8) is 0 Å². The Morgan fingerprint density at radius 2 is 1.79 bits per heavy atom. The van der Waals surface area contributed by atoms with Crippen molar-refractivity contribution in [2.45, 2.75) is 0 Å². The minimum Gasteiger partial charge on any atom is -0.458 e. The van der Waals surface area contributed by atoms with Gasteiger partial charge >= 0.3 is 0 Å². The number of benzene rings is 2. The molecule has 0 aromatic heterocycles. The smallest absolute Gasteiger partial charge is 0.157 e. The molecule has 0 N–H and O–H groups in total. The maximum Gasteiger partial charge on any atom is 0.157 e. The topological polar surface area (TPSA) is 29.5 Å². The van der Waals surface area contributed by atoms with Crippen molar-refractivity contribution >= 4 is 33.7 Å². The number of rotatable bonds is 4. The molecule has 0 saturated heterocycles. The van der Waals surface area contributed by atoms with Gasteiger partial charge in [-0.25, -0.2) is 0 Å². The fourth-order valence-electron chi connectivity index (χ4n) is 2.56. The van der Waals surface area contributed by atoms with E-state index in [9.17, 15) is 4.79 Å². The number of anilines is 1. The first-order valence-corrected chi connectivity index (χ1v) is 8.28. The molecule has 0 aliphatic carbocycles. The molecule has 0 bridgehead atoms. The zero-order valence-corrected chi connectivity index (χ0v) is 14.6. The molecular formula is C20H16BrNO2. The summed E-state index contributed by atoms with van der Waals surface area (Å²) in [6.07, 6.45) is 4.00. The van der Waals surface area contributed by atoms with Gasteiger partial charge in [0.15, 0.2) is 5.76 Å². The second-order valence-electron chi connectivity index (χ2n) is 5.28. The van der Waals surface area contributed by atoms with Crippen molar-refractivity contribution in [3.05, 3.63) is 94.8 Å². The van der Waals surface area contributed by atoms with Crippen LogP contribution in [0.4, 0.5) is 5.69 Å². The summed E-state index contributed by atoms with van der Waals surface area (Å²) in [5.41, 5.74) is 2.76. The monoisotopic (exact) mass is 381 g/mol. The van der Waals surface area contributed by atoms with Gasteiger partial charge in [-0.15, -0.1) is 0 Å². The van der Waals surface area contributed by atoms with Crippen molar-refractivity contribution in [3.8, 4) is 0 Å². The van der Waals surface area contributed by atoms with Crippen LogP contribution >= 0.6 is 15.9 Å². The fraction of sp³-hybridized carbons (Fsp3) is 0.0500. The van der Waals surface area contributed by atoms with Crippen LogP contribution in [-0.2, 0) is 9.53 Å². The van der Waals surface area contributed by atoms with Crippen molar-refractivity contribution in [1.29, 1.82) is 0 Å². The molecule has 0 amide bonds. The zero-order chi connectivity index (χ0) is 16.9. The number of allylic oxidation sites excluding steroid dienone is 2. The first kappa shape index (κ1) is 16.3. The molecule has 0 spiro atoms. The maximum absolute atomic E-state index is 10.9. The van der Waals surface area contributed by atoms with Gasteiger partial charge in [-0.1, -0.05) is 52.8 Å². The Kier molecular flexibility index (Phi) is 4.96. The van der Waals surface area contributed by atoms with Crippen LogP contribution in [0.1, 0.15) is 5.56 Å². The molecule has 0 saturated carbocycles. The van der Waals surface area contributed by atoms with Gasteiger partial charge in [0, 0.05) is 15.7 Å². The van der Waals surface area contributed by atoms with E-state index in [0.29, 0.717) is 18.1 Å². The largest absolute Gasteiger partial charge is 0.458 e. The second kappa shape index (κ2) is 7.32. The average Bonchev–Trinajstić information content (AvgIpc) is 2.61. The summed E-state index contributed by atoms with van der Waals surface area (Å²) in [5.74, 6) is 1.33. The van der Waals surface area contributed by atoms with Crippen LogP contribution in [0.15, 0.2) is 89.3 Å². The van der Waals surface area contributed by atoms with Crippen LogP contribution in [0.2, 0.25) is 0 Å². The molecule has 3 rings (SSSR count). The Balaban J connectivity index is 2.16. The Labute approximate surface area is 149 Å². The van der Waals surface area contributed by atoms with Gasteiger partial charge < -0.3 is 9.64 Å². The fourth-order valence-corrected chi connectivity index (χ4v) is 2.82. The number of aldehydes is 1. The highest BCUT2D eigenvalue weighted by Gasteiger charge is 2.24. The van der Waals surface area contributed by atoms with Crippen LogP contribution in [0.25, 0.3) is 5.76 Å². The summed E-state index contributed by atoms with van der Waals surface area (Å²) >= 11 is 3.44. The minimum atomic E-state index is 0.530. The van der Waals surface area contributed by atoms with E-state index >= 15 is 0 Å². The Morgan fingerprint density at radius 3 is 2.46 bits per heavy atom. The van der Waals surface area contributed by atoms with E-state index in [4.69, 9.17) is 4.74 Å². The van der Waals surface area contributed by atoms with Crippen LogP contribution in [0.3, 0.4) is 0 Å². The standard InChI is InChI=1S/C20H16BrNO2/c1-15-14-22(18-6-3-2-4-7-18)19(8-5-13-23)20(24-15)16-9-11-17(21)12-10-16/h2-13H,1,14H2/b8-5+. The molecule has 1 aliphatic rings. The maximum atomic E-state index is 10.9.